The first kappa shape index (κ1) is 13.5. The Labute approximate surface area is 102 Å². The summed E-state index contributed by atoms with van der Waals surface area (Å²) in [7, 11) is 0. The lowest BCUT2D eigenvalue weighted by molar-refractivity contribution is 0.0824. The third-order valence-corrected chi connectivity index (χ3v) is 2.54. The van der Waals surface area contributed by atoms with Gasteiger partial charge in [0.25, 0.3) is 0 Å². The minimum Gasteiger partial charge on any atom is -0.393 e. The first-order valence-corrected chi connectivity index (χ1v) is 6.10. The average molecular weight is 243 g/mol. The Morgan fingerprint density at radius 3 is 2.88 bits per heavy atom. The minimum atomic E-state index is -0.352. The van der Waals surface area contributed by atoms with Crippen LogP contribution in [0.25, 0.3) is 0 Å². The fourth-order valence-corrected chi connectivity index (χ4v) is 1.72. The summed E-state index contributed by atoms with van der Waals surface area (Å²) in [5.74, 6) is 0. The highest BCUT2D eigenvalue weighted by molar-refractivity contribution is 6.30. The molecule has 1 rings (SSSR count). The SMILES string of the molecule is CCCOCCC(O)Cc1cccc(Cl)c1. The molecule has 1 aromatic carbocycles. The van der Waals surface area contributed by atoms with Crippen LogP contribution >= 0.6 is 11.6 Å². The van der Waals surface area contributed by atoms with Gasteiger partial charge in [-0.05, 0) is 37.0 Å². The predicted molar refractivity (Wildman–Crippen MR) is 66.9 cm³/mol. The molecule has 0 bridgehead atoms. The molecule has 0 aliphatic carbocycles. The topological polar surface area (TPSA) is 29.5 Å². The highest BCUT2D eigenvalue weighted by Gasteiger charge is 2.05. The molecule has 0 spiro atoms. The van der Waals surface area contributed by atoms with Crippen molar-refractivity contribution in [3.63, 3.8) is 0 Å². The Bertz CT molecular complexity index is 302. The Morgan fingerprint density at radius 2 is 2.19 bits per heavy atom. The van der Waals surface area contributed by atoms with Gasteiger partial charge in [-0.15, -0.1) is 0 Å². The number of hydrogen-bond acceptors (Lipinski definition) is 2. The average Bonchev–Trinajstić information content (AvgIpc) is 2.24. The maximum atomic E-state index is 9.77. The first-order chi connectivity index (χ1) is 7.72. The molecular formula is C13H19ClO2. The van der Waals surface area contributed by atoms with Crippen LogP contribution in [0.4, 0.5) is 0 Å². The summed E-state index contributed by atoms with van der Waals surface area (Å²) >= 11 is 5.87. The fraction of sp³-hybridized carbons (Fsp3) is 0.538. The van der Waals surface area contributed by atoms with E-state index in [2.05, 4.69) is 6.92 Å². The van der Waals surface area contributed by atoms with Crippen LogP contribution in [0.15, 0.2) is 24.3 Å². The number of aliphatic hydroxyl groups is 1. The first-order valence-electron chi connectivity index (χ1n) is 5.72. The van der Waals surface area contributed by atoms with Gasteiger partial charge >= 0.3 is 0 Å². The number of halogens is 1. The standard InChI is InChI=1S/C13H19ClO2/c1-2-7-16-8-6-13(15)10-11-4-3-5-12(14)9-11/h3-5,9,13,15H,2,6-8,10H2,1H3. The summed E-state index contributed by atoms with van der Waals surface area (Å²) in [6.07, 6.45) is 1.97. The monoisotopic (exact) mass is 242 g/mol. The summed E-state index contributed by atoms with van der Waals surface area (Å²) < 4.78 is 5.33. The van der Waals surface area contributed by atoms with E-state index in [1.807, 2.05) is 24.3 Å². The number of rotatable bonds is 7. The molecule has 0 aliphatic rings. The van der Waals surface area contributed by atoms with Gasteiger partial charge in [0.05, 0.1) is 6.10 Å². The number of hydrogen-bond donors (Lipinski definition) is 1. The molecule has 0 heterocycles. The molecule has 0 saturated carbocycles. The van der Waals surface area contributed by atoms with Gasteiger partial charge in [0.1, 0.15) is 0 Å². The van der Waals surface area contributed by atoms with Crippen molar-refractivity contribution >= 4 is 11.6 Å². The van der Waals surface area contributed by atoms with Crippen molar-refractivity contribution in [3.05, 3.63) is 34.9 Å². The van der Waals surface area contributed by atoms with Crippen molar-refractivity contribution in [2.24, 2.45) is 0 Å². The molecule has 3 heteroatoms. The van der Waals surface area contributed by atoms with Crippen LogP contribution < -0.4 is 0 Å². The van der Waals surface area contributed by atoms with E-state index >= 15 is 0 Å². The number of ether oxygens (including phenoxy) is 1. The summed E-state index contributed by atoms with van der Waals surface area (Å²) in [5.41, 5.74) is 1.07. The van der Waals surface area contributed by atoms with E-state index in [0.29, 0.717) is 24.5 Å². The van der Waals surface area contributed by atoms with Crippen LogP contribution in [-0.4, -0.2) is 24.4 Å². The molecule has 1 aromatic rings. The molecule has 0 aromatic heterocycles. The lowest BCUT2D eigenvalue weighted by Gasteiger charge is -2.10. The molecule has 0 radical (unpaired) electrons. The summed E-state index contributed by atoms with van der Waals surface area (Å²) in [6.45, 7) is 3.46. The molecule has 1 atom stereocenters. The van der Waals surface area contributed by atoms with Crippen molar-refractivity contribution < 1.29 is 9.84 Å². The van der Waals surface area contributed by atoms with Crippen LogP contribution in [0.5, 0.6) is 0 Å². The predicted octanol–water partition coefficient (Wildman–Crippen LogP) is 3.06. The van der Waals surface area contributed by atoms with Gasteiger partial charge in [0, 0.05) is 18.2 Å². The van der Waals surface area contributed by atoms with Gasteiger partial charge in [-0.3, -0.25) is 0 Å². The van der Waals surface area contributed by atoms with E-state index in [9.17, 15) is 5.11 Å². The van der Waals surface area contributed by atoms with Crippen LogP contribution in [0.1, 0.15) is 25.3 Å². The van der Waals surface area contributed by atoms with Crippen molar-refractivity contribution in [1.29, 1.82) is 0 Å². The van der Waals surface area contributed by atoms with E-state index < -0.39 is 0 Å². The van der Waals surface area contributed by atoms with Crippen molar-refractivity contribution in [2.75, 3.05) is 13.2 Å². The Hall–Kier alpha value is -0.570. The third kappa shape index (κ3) is 5.50. The zero-order chi connectivity index (χ0) is 11.8. The molecule has 0 aliphatic heterocycles. The normalized spacial score (nSPS) is 12.7. The molecule has 1 N–H and O–H groups in total. The molecule has 0 saturated heterocycles. The van der Waals surface area contributed by atoms with Crippen molar-refractivity contribution in [1.82, 2.24) is 0 Å². The molecule has 1 unspecified atom stereocenters. The van der Waals surface area contributed by atoms with Crippen molar-refractivity contribution in [3.8, 4) is 0 Å². The Morgan fingerprint density at radius 1 is 1.38 bits per heavy atom. The summed E-state index contributed by atoms with van der Waals surface area (Å²) in [6, 6.07) is 7.60. The second-order valence-corrected chi connectivity index (χ2v) is 4.33. The van der Waals surface area contributed by atoms with Gasteiger partial charge in [-0.25, -0.2) is 0 Å². The van der Waals surface area contributed by atoms with Crippen LogP contribution in [0.2, 0.25) is 5.02 Å². The second-order valence-electron chi connectivity index (χ2n) is 3.89. The molecule has 0 fully saturated rings. The van der Waals surface area contributed by atoms with E-state index in [4.69, 9.17) is 16.3 Å². The zero-order valence-corrected chi connectivity index (χ0v) is 10.4. The fourth-order valence-electron chi connectivity index (χ4n) is 1.50. The highest BCUT2D eigenvalue weighted by atomic mass is 35.5. The smallest absolute Gasteiger partial charge is 0.0602 e. The van der Waals surface area contributed by atoms with Gasteiger partial charge < -0.3 is 9.84 Å². The van der Waals surface area contributed by atoms with Crippen LogP contribution in [0.3, 0.4) is 0 Å². The van der Waals surface area contributed by atoms with Gasteiger partial charge in [-0.2, -0.15) is 0 Å². The maximum Gasteiger partial charge on any atom is 0.0602 e. The highest BCUT2D eigenvalue weighted by Crippen LogP contribution is 2.13. The second kappa shape index (κ2) is 7.66. The van der Waals surface area contributed by atoms with Gasteiger partial charge in [0.15, 0.2) is 0 Å². The van der Waals surface area contributed by atoms with E-state index in [-0.39, 0.29) is 6.10 Å². The Kier molecular flexibility index (Phi) is 6.46. The Balaban J connectivity index is 2.25. The van der Waals surface area contributed by atoms with Gasteiger partial charge in [-0.1, -0.05) is 30.7 Å². The van der Waals surface area contributed by atoms with Gasteiger partial charge in [0.2, 0.25) is 0 Å². The summed E-state index contributed by atoms with van der Waals surface area (Å²) in [5, 5.41) is 10.5. The number of aliphatic hydroxyl groups excluding tert-OH is 1. The van der Waals surface area contributed by atoms with E-state index in [1.165, 1.54) is 0 Å². The summed E-state index contributed by atoms with van der Waals surface area (Å²) in [4.78, 5) is 0. The third-order valence-electron chi connectivity index (χ3n) is 2.30. The van der Waals surface area contributed by atoms with E-state index in [1.54, 1.807) is 0 Å². The van der Waals surface area contributed by atoms with E-state index in [0.717, 1.165) is 18.6 Å². The molecule has 16 heavy (non-hydrogen) atoms. The molecule has 2 nitrogen and oxygen atoms in total. The lowest BCUT2D eigenvalue weighted by atomic mass is 10.1. The molecular weight excluding hydrogens is 224 g/mol. The largest absolute Gasteiger partial charge is 0.393 e. The number of benzene rings is 1. The van der Waals surface area contributed by atoms with Crippen LogP contribution in [-0.2, 0) is 11.2 Å². The lowest BCUT2D eigenvalue weighted by Crippen LogP contribution is -2.13. The molecule has 0 amide bonds. The zero-order valence-electron chi connectivity index (χ0n) is 9.66. The minimum absolute atomic E-state index is 0.352. The molecule has 90 valence electrons. The maximum absolute atomic E-state index is 9.77. The quantitative estimate of drug-likeness (QED) is 0.745. The van der Waals surface area contributed by atoms with Crippen molar-refractivity contribution in [2.45, 2.75) is 32.3 Å². The van der Waals surface area contributed by atoms with Crippen LogP contribution in [0, 0.1) is 0 Å².